The Morgan fingerprint density at radius 2 is 2.06 bits per heavy atom. The van der Waals surface area contributed by atoms with Crippen LogP contribution in [0.1, 0.15) is 35.2 Å². The maximum absolute atomic E-state index is 12.7. The van der Waals surface area contributed by atoms with Gasteiger partial charge in [-0.1, -0.05) is 12.1 Å². The fourth-order valence-corrected chi connectivity index (χ4v) is 5.16. The van der Waals surface area contributed by atoms with Gasteiger partial charge in [-0.3, -0.25) is 9.59 Å². The van der Waals surface area contributed by atoms with Gasteiger partial charge in [0.25, 0.3) is 0 Å². The third kappa shape index (κ3) is 5.66. The van der Waals surface area contributed by atoms with Crippen molar-refractivity contribution in [2.75, 3.05) is 12.3 Å². The van der Waals surface area contributed by atoms with Crippen molar-refractivity contribution in [3.63, 3.8) is 0 Å². The van der Waals surface area contributed by atoms with Gasteiger partial charge in [0, 0.05) is 18.7 Å². The van der Waals surface area contributed by atoms with E-state index in [-0.39, 0.29) is 17.9 Å². The summed E-state index contributed by atoms with van der Waals surface area (Å²) in [5.74, 6) is 0.403. The second kappa shape index (κ2) is 9.84. The molecule has 8 nitrogen and oxygen atoms in total. The zero-order valence-corrected chi connectivity index (χ0v) is 20.0. The molecule has 1 aliphatic heterocycles. The number of pyridine rings is 1. The molecule has 3 atom stereocenters. The quantitative estimate of drug-likeness (QED) is 0.424. The Labute approximate surface area is 197 Å². The second-order valence-corrected chi connectivity index (χ2v) is 9.89. The summed E-state index contributed by atoms with van der Waals surface area (Å²) in [7, 11) is 0. The molecule has 1 aliphatic rings. The van der Waals surface area contributed by atoms with E-state index in [9.17, 15) is 9.59 Å². The van der Waals surface area contributed by atoms with Gasteiger partial charge in [0.1, 0.15) is 11.9 Å². The van der Waals surface area contributed by atoms with Crippen molar-refractivity contribution in [1.29, 1.82) is 0 Å². The van der Waals surface area contributed by atoms with E-state index in [4.69, 9.17) is 10.7 Å². The molecule has 4 rings (SSSR count). The number of rotatable bonds is 7. The molecule has 174 valence electrons. The third-order valence-corrected chi connectivity index (χ3v) is 7.07. The lowest BCUT2D eigenvalue weighted by atomic mass is 10.0. The molecule has 0 radical (unpaired) electrons. The standard InChI is InChI=1S/C24H30N6O2S/c1-13-4-6-20-18(8-13)30-22(33-20)10-16-9-19(26-11-16)24(32)29-15(3)23(31)27-12-17-5-7-21(25)28-14(17)2/h4-8,15-16,19,26H,9-12H2,1-3H3,(H2,25,28)(H,27,31)(H,29,32)/t15-,16+,19+/m0/s1. The molecule has 0 saturated carbocycles. The molecule has 33 heavy (non-hydrogen) atoms. The van der Waals surface area contributed by atoms with Gasteiger partial charge in [0.15, 0.2) is 0 Å². The summed E-state index contributed by atoms with van der Waals surface area (Å²) in [6, 6.07) is 8.95. The number of hydrogen-bond donors (Lipinski definition) is 4. The molecular weight excluding hydrogens is 436 g/mol. The van der Waals surface area contributed by atoms with Gasteiger partial charge < -0.3 is 21.7 Å². The smallest absolute Gasteiger partial charge is 0.242 e. The summed E-state index contributed by atoms with van der Waals surface area (Å²) >= 11 is 1.72. The number of fused-ring (bicyclic) bond motifs is 1. The Morgan fingerprint density at radius 1 is 1.24 bits per heavy atom. The number of aromatic nitrogens is 2. The molecule has 5 N–H and O–H groups in total. The number of carbonyl (C=O) groups is 2. The van der Waals surface area contributed by atoms with E-state index < -0.39 is 6.04 Å². The lowest BCUT2D eigenvalue weighted by Gasteiger charge is -2.17. The van der Waals surface area contributed by atoms with E-state index in [2.05, 4.69) is 46.1 Å². The zero-order valence-electron chi connectivity index (χ0n) is 19.1. The van der Waals surface area contributed by atoms with Crippen LogP contribution in [0.3, 0.4) is 0 Å². The molecular formula is C24H30N6O2S. The fourth-order valence-electron chi connectivity index (χ4n) is 4.09. The molecule has 0 aliphatic carbocycles. The van der Waals surface area contributed by atoms with Crippen LogP contribution in [0.25, 0.3) is 10.2 Å². The number of carbonyl (C=O) groups excluding carboxylic acids is 2. The fraction of sp³-hybridized carbons (Fsp3) is 0.417. The van der Waals surface area contributed by atoms with Crippen molar-refractivity contribution < 1.29 is 9.59 Å². The average Bonchev–Trinajstić information content (AvgIpc) is 3.39. The topological polar surface area (TPSA) is 122 Å². The van der Waals surface area contributed by atoms with Crippen LogP contribution >= 0.6 is 11.3 Å². The third-order valence-electron chi connectivity index (χ3n) is 6.01. The molecule has 0 unspecified atom stereocenters. The van der Waals surface area contributed by atoms with Crippen molar-refractivity contribution in [2.24, 2.45) is 5.92 Å². The lowest BCUT2D eigenvalue weighted by molar-refractivity contribution is -0.129. The summed E-state index contributed by atoms with van der Waals surface area (Å²) in [5, 5.41) is 10.1. The van der Waals surface area contributed by atoms with Crippen LogP contribution in [0.4, 0.5) is 5.82 Å². The monoisotopic (exact) mass is 466 g/mol. The van der Waals surface area contributed by atoms with Crippen LogP contribution in [-0.4, -0.2) is 40.4 Å². The molecule has 2 amide bonds. The first-order valence-electron chi connectivity index (χ1n) is 11.2. The molecule has 0 spiro atoms. The first-order chi connectivity index (χ1) is 15.8. The van der Waals surface area contributed by atoms with Gasteiger partial charge in [0.2, 0.25) is 11.8 Å². The molecule has 1 aromatic carbocycles. The van der Waals surface area contributed by atoms with Gasteiger partial charge in [-0.05, 0) is 69.0 Å². The van der Waals surface area contributed by atoms with Gasteiger partial charge in [-0.25, -0.2) is 9.97 Å². The van der Waals surface area contributed by atoms with Crippen LogP contribution in [-0.2, 0) is 22.6 Å². The Balaban J connectivity index is 1.25. The number of aryl methyl sites for hydroxylation is 2. The highest BCUT2D eigenvalue weighted by atomic mass is 32.1. The van der Waals surface area contributed by atoms with Crippen molar-refractivity contribution in [1.82, 2.24) is 25.9 Å². The number of nitrogen functional groups attached to an aromatic ring is 1. The van der Waals surface area contributed by atoms with Crippen molar-refractivity contribution in [2.45, 2.75) is 52.2 Å². The minimum atomic E-state index is -0.632. The van der Waals surface area contributed by atoms with Crippen LogP contribution in [0.15, 0.2) is 30.3 Å². The van der Waals surface area contributed by atoms with E-state index in [1.54, 1.807) is 24.3 Å². The Hall–Kier alpha value is -3.04. The van der Waals surface area contributed by atoms with Crippen molar-refractivity contribution in [3.8, 4) is 0 Å². The van der Waals surface area contributed by atoms with E-state index in [0.717, 1.165) is 41.2 Å². The number of hydrogen-bond acceptors (Lipinski definition) is 7. The lowest BCUT2D eigenvalue weighted by Crippen LogP contribution is -2.50. The molecule has 1 saturated heterocycles. The molecule has 3 aromatic rings. The summed E-state index contributed by atoms with van der Waals surface area (Å²) in [5.41, 5.74) is 9.58. The summed E-state index contributed by atoms with van der Waals surface area (Å²) < 4.78 is 1.20. The number of anilines is 1. The first-order valence-corrected chi connectivity index (χ1v) is 12.0. The number of benzene rings is 1. The van der Waals surface area contributed by atoms with Gasteiger partial charge >= 0.3 is 0 Å². The number of nitrogens with two attached hydrogens (primary N) is 1. The second-order valence-electron chi connectivity index (χ2n) is 8.77. The number of nitrogens with zero attached hydrogens (tertiary/aromatic N) is 2. The first kappa shape index (κ1) is 23.1. The highest BCUT2D eigenvalue weighted by Crippen LogP contribution is 2.27. The maximum Gasteiger partial charge on any atom is 0.242 e. The largest absolute Gasteiger partial charge is 0.384 e. The van der Waals surface area contributed by atoms with Crippen LogP contribution < -0.4 is 21.7 Å². The molecule has 9 heteroatoms. The number of thiazole rings is 1. The highest BCUT2D eigenvalue weighted by Gasteiger charge is 2.31. The van der Waals surface area contributed by atoms with Crippen LogP contribution in [0.2, 0.25) is 0 Å². The summed E-state index contributed by atoms with van der Waals surface area (Å²) in [6.45, 7) is 6.71. The molecule has 3 heterocycles. The molecule has 2 aromatic heterocycles. The highest BCUT2D eigenvalue weighted by molar-refractivity contribution is 7.18. The van der Waals surface area contributed by atoms with Gasteiger partial charge in [0.05, 0.1) is 21.3 Å². The average molecular weight is 467 g/mol. The zero-order chi connectivity index (χ0) is 23.5. The van der Waals surface area contributed by atoms with E-state index >= 15 is 0 Å². The normalized spacial score (nSPS) is 18.9. The Bertz CT molecular complexity index is 1180. The van der Waals surface area contributed by atoms with Gasteiger partial charge in [-0.2, -0.15) is 0 Å². The molecule has 1 fully saturated rings. The Morgan fingerprint density at radius 3 is 2.85 bits per heavy atom. The predicted molar refractivity (Wildman–Crippen MR) is 131 cm³/mol. The summed E-state index contributed by atoms with van der Waals surface area (Å²) in [6.07, 6.45) is 1.58. The van der Waals surface area contributed by atoms with Crippen LogP contribution in [0, 0.1) is 19.8 Å². The Kier molecular flexibility index (Phi) is 6.90. The van der Waals surface area contributed by atoms with Crippen LogP contribution in [0.5, 0.6) is 0 Å². The SMILES string of the molecule is Cc1ccc2sc(C[C@@H]3CN[C@@H](C(=O)N[C@@H](C)C(=O)NCc4ccc(N)nc4C)C3)nc2c1. The van der Waals surface area contributed by atoms with E-state index in [1.165, 1.54) is 10.3 Å². The summed E-state index contributed by atoms with van der Waals surface area (Å²) in [4.78, 5) is 34.1. The maximum atomic E-state index is 12.7. The minimum Gasteiger partial charge on any atom is -0.384 e. The van der Waals surface area contributed by atoms with E-state index in [1.807, 2.05) is 13.0 Å². The van der Waals surface area contributed by atoms with Crippen molar-refractivity contribution in [3.05, 3.63) is 52.2 Å². The van der Waals surface area contributed by atoms with Crippen molar-refractivity contribution >= 4 is 39.2 Å². The predicted octanol–water partition coefficient (Wildman–Crippen LogP) is 2.23. The number of nitrogens with one attached hydrogen (secondary N) is 3. The van der Waals surface area contributed by atoms with E-state index in [0.29, 0.717) is 18.3 Å². The molecule has 0 bridgehead atoms. The van der Waals surface area contributed by atoms with Gasteiger partial charge in [-0.15, -0.1) is 11.3 Å². The minimum absolute atomic E-state index is 0.148. The number of amides is 2.